The number of nitrogens with one attached hydrogen (secondary N) is 2. The smallest absolute Gasteiger partial charge is 0.228 e. The van der Waals surface area contributed by atoms with Gasteiger partial charge >= 0.3 is 0 Å². The minimum Gasteiger partial charge on any atom is -0.357 e. The lowest BCUT2D eigenvalue weighted by atomic mass is 9.92. The van der Waals surface area contributed by atoms with E-state index in [1.807, 2.05) is 18.6 Å². The van der Waals surface area contributed by atoms with Gasteiger partial charge < -0.3 is 10.3 Å². The molecule has 0 radical (unpaired) electrons. The van der Waals surface area contributed by atoms with E-state index in [2.05, 4.69) is 45.3 Å². The van der Waals surface area contributed by atoms with Crippen LogP contribution in [-0.4, -0.2) is 40.6 Å². The molecule has 33 heavy (non-hydrogen) atoms. The van der Waals surface area contributed by atoms with Crippen molar-refractivity contribution in [2.45, 2.75) is 45.1 Å². The molecule has 0 spiro atoms. The number of aromatic amines is 1. The van der Waals surface area contributed by atoms with E-state index in [1.54, 1.807) is 10.7 Å². The highest BCUT2D eigenvalue weighted by Crippen LogP contribution is 2.31. The van der Waals surface area contributed by atoms with Gasteiger partial charge in [0.2, 0.25) is 5.95 Å². The van der Waals surface area contributed by atoms with Crippen molar-refractivity contribution in [2.24, 2.45) is 0 Å². The molecule has 0 amide bonds. The third-order valence-corrected chi connectivity index (χ3v) is 6.30. The zero-order valence-electron chi connectivity index (χ0n) is 18.4. The first-order chi connectivity index (χ1) is 16.1. The third kappa shape index (κ3) is 3.40. The molecule has 2 N–H and O–H groups in total. The number of aromatic nitrogens is 7. The highest BCUT2D eigenvalue weighted by atomic mass is 19.1. The number of pyridine rings is 2. The second kappa shape index (κ2) is 7.61. The first-order valence-corrected chi connectivity index (χ1v) is 11.1. The standard InChI is InChI=1S/C24H23FN8/c1-13(2)19-11-28-33-23(19)31-22(14-7-15(25)10-27-9-14)32-24(33)29-16-3-4-20-18(8-16)17-5-6-26-12-21(17)30-20/h5-7,9-13,16,30H,3-4,8H2,1-2H3,(H,29,31,32)/t16-/m1/s1. The van der Waals surface area contributed by atoms with Gasteiger partial charge in [-0.3, -0.25) is 9.97 Å². The fourth-order valence-electron chi connectivity index (χ4n) is 4.64. The van der Waals surface area contributed by atoms with Crippen molar-refractivity contribution in [3.63, 3.8) is 0 Å². The third-order valence-electron chi connectivity index (χ3n) is 6.30. The van der Waals surface area contributed by atoms with Crippen LogP contribution in [0.3, 0.4) is 0 Å². The lowest BCUT2D eigenvalue weighted by molar-refractivity contribution is 0.599. The Hall–Kier alpha value is -3.88. The maximum atomic E-state index is 13.9. The summed E-state index contributed by atoms with van der Waals surface area (Å²) in [6, 6.07) is 3.64. The molecule has 0 aliphatic heterocycles. The monoisotopic (exact) mass is 442 g/mol. The van der Waals surface area contributed by atoms with Crippen LogP contribution in [0.2, 0.25) is 0 Å². The van der Waals surface area contributed by atoms with Crippen molar-refractivity contribution in [1.29, 1.82) is 0 Å². The number of aryl methyl sites for hydroxylation is 1. The fourth-order valence-corrected chi connectivity index (χ4v) is 4.64. The Bertz CT molecular complexity index is 1480. The number of halogens is 1. The summed E-state index contributed by atoms with van der Waals surface area (Å²) in [5, 5.41) is 9.38. The van der Waals surface area contributed by atoms with Crippen LogP contribution in [0.25, 0.3) is 27.9 Å². The van der Waals surface area contributed by atoms with Gasteiger partial charge in [0.25, 0.3) is 0 Å². The fraction of sp³-hybridized carbons (Fsp3) is 0.292. The summed E-state index contributed by atoms with van der Waals surface area (Å²) in [6.45, 7) is 4.20. The summed E-state index contributed by atoms with van der Waals surface area (Å²) in [4.78, 5) is 21.2. The maximum absolute atomic E-state index is 13.9. The van der Waals surface area contributed by atoms with Gasteiger partial charge in [-0.1, -0.05) is 13.8 Å². The van der Waals surface area contributed by atoms with Crippen molar-refractivity contribution in [3.05, 3.63) is 65.8 Å². The second-order valence-electron chi connectivity index (χ2n) is 8.84. The predicted octanol–water partition coefficient (Wildman–Crippen LogP) is 4.29. The first kappa shape index (κ1) is 19.8. The van der Waals surface area contributed by atoms with Gasteiger partial charge in [-0.2, -0.15) is 14.6 Å². The predicted molar refractivity (Wildman–Crippen MR) is 124 cm³/mol. The normalized spacial score (nSPS) is 15.9. The van der Waals surface area contributed by atoms with Crippen LogP contribution in [0.4, 0.5) is 10.3 Å². The zero-order valence-corrected chi connectivity index (χ0v) is 18.4. The molecule has 0 saturated heterocycles. The van der Waals surface area contributed by atoms with Gasteiger partial charge in [0.05, 0.1) is 24.1 Å². The Labute approximate surface area is 189 Å². The van der Waals surface area contributed by atoms with Crippen LogP contribution in [0.1, 0.15) is 43.0 Å². The van der Waals surface area contributed by atoms with Crippen molar-refractivity contribution < 1.29 is 4.39 Å². The van der Waals surface area contributed by atoms with Gasteiger partial charge in [0.15, 0.2) is 11.5 Å². The number of rotatable bonds is 4. The Morgan fingerprint density at radius 1 is 1.15 bits per heavy atom. The van der Waals surface area contributed by atoms with E-state index in [4.69, 9.17) is 9.97 Å². The Morgan fingerprint density at radius 2 is 2.06 bits per heavy atom. The molecular formula is C24H23FN8. The van der Waals surface area contributed by atoms with Crippen molar-refractivity contribution in [1.82, 2.24) is 34.5 Å². The highest BCUT2D eigenvalue weighted by Gasteiger charge is 2.25. The molecule has 8 nitrogen and oxygen atoms in total. The van der Waals surface area contributed by atoms with E-state index in [-0.39, 0.29) is 12.0 Å². The lowest BCUT2D eigenvalue weighted by Crippen LogP contribution is -2.29. The topological polar surface area (TPSA) is 96.7 Å². The summed E-state index contributed by atoms with van der Waals surface area (Å²) in [5.74, 6) is 0.840. The molecule has 1 aliphatic carbocycles. The van der Waals surface area contributed by atoms with E-state index >= 15 is 0 Å². The van der Waals surface area contributed by atoms with E-state index < -0.39 is 5.82 Å². The quantitative estimate of drug-likeness (QED) is 0.431. The van der Waals surface area contributed by atoms with Crippen LogP contribution in [0.5, 0.6) is 0 Å². The zero-order chi connectivity index (χ0) is 22.5. The van der Waals surface area contributed by atoms with Crippen molar-refractivity contribution in [3.8, 4) is 11.4 Å². The van der Waals surface area contributed by atoms with Crippen molar-refractivity contribution in [2.75, 3.05) is 5.32 Å². The molecule has 1 aliphatic rings. The molecule has 9 heteroatoms. The Kier molecular flexibility index (Phi) is 4.56. The van der Waals surface area contributed by atoms with E-state index in [1.165, 1.54) is 28.9 Å². The molecule has 166 valence electrons. The van der Waals surface area contributed by atoms with E-state index in [9.17, 15) is 4.39 Å². The SMILES string of the molecule is CC(C)c1cnn2c(N[C@@H]3CCc4[nH]c5cnccc5c4C3)nc(-c3cncc(F)c3)nc12. The van der Waals surface area contributed by atoms with Crippen LogP contribution in [-0.2, 0) is 12.8 Å². The van der Waals surface area contributed by atoms with Crippen LogP contribution < -0.4 is 5.32 Å². The molecule has 6 rings (SSSR count). The van der Waals surface area contributed by atoms with Crippen molar-refractivity contribution >= 4 is 22.5 Å². The molecule has 0 fully saturated rings. The number of H-pyrrole nitrogens is 1. The van der Waals surface area contributed by atoms with E-state index in [0.717, 1.165) is 36.0 Å². The number of fused-ring (bicyclic) bond motifs is 4. The minimum atomic E-state index is -0.420. The average molecular weight is 443 g/mol. The average Bonchev–Trinajstić information content (AvgIpc) is 3.41. The maximum Gasteiger partial charge on any atom is 0.228 e. The molecule has 0 saturated carbocycles. The van der Waals surface area contributed by atoms with Gasteiger partial charge in [-0.25, -0.2) is 9.37 Å². The van der Waals surface area contributed by atoms with Crippen LogP contribution >= 0.6 is 0 Å². The van der Waals surface area contributed by atoms with Crippen LogP contribution in [0, 0.1) is 5.82 Å². The highest BCUT2D eigenvalue weighted by molar-refractivity contribution is 5.84. The van der Waals surface area contributed by atoms with E-state index in [0.29, 0.717) is 17.3 Å². The molecular weight excluding hydrogens is 419 g/mol. The number of nitrogens with zero attached hydrogens (tertiary/aromatic N) is 6. The Balaban J connectivity index is 1.41. The number of hydrogen-bond acceptors (Lipinski definition) is 6. The summed E-state index contributed by atoms with van der Waals surface area (Å²) in [7, 11) is 0. The molecule has 5 heterocycles. The molecule has 5 aromatic heterocycles. The molecule has 5 aromatic rings. The molecule has 0 aromatic carbocycles. The molecule has 0 unspecified atom stereocenters. The van der Waals surface area contributed by atoms with Crippen LogP contribution in [0.15, 0.2) is 43.1 Å². The largest absolute Gasteiger partial charge is 0.357 e. The van der Waals surface area contributed by atoms with Gasteiger partial charge in [-0.05, 0) is 42.9 Å². The Morgan fingerprint density at radius 3 is 2.91 bits per heavy atom. The second-order valence-corrected chi connectivity index (χ2v) is 8.84. The van der Waals surface area contributed by atoms with Gasteiger partial charge in [0, 0.05) is 40.6 Å². The number of hydrogen-bond donors (Lipinski definition) is 2. The molecule has 1 atom stereocenters. The summed E-state index contributed by atoms with van der Waals surface area (Å²) >= 11 is 0. The lowest BCUT2D eigenvalue weighted by Gasteiger charge is -2.24. The summed E-state index contributed by atoms with van der Waals surface area (Å²) in [5.41, 5.74) is 5.93. The van der Waals surface area contributed by atoms with Gasteiger partial charge in [-0.15, -0.1) is 0 Å². The number of anilines is 1. The van der Waals surface area contributed by atoms with Gasteiger partial charge in [0.1, 0.15) is 5.82 Å². The first-order valence-electron chi connectivity index (χ1n) is 11.1. The minimum absolute atomic E-state index is 0.174. The molecule has 0 bridgehead atoms. The summed E-state index contributed by atoms with van der Waals surface area (Å²) in [6.07, 6.45) is 11.0. The summed E-state index contributed by atoms with van der Waals surface area (Å²) < 4.78 is 15.6.